The number of amides is 1. The summed E-state index contributed by atoms with van der Waals surface area (Å²) in [5.41, 5.74) is 11.0. The molecule has 0 aliphatic heterocycles. The molecule has 92 valence electrons. The van der Waals surface area contributed by atoms with Crippen LogP contribution in [0.1, 0.15) is 32.1 Å². The molecule has 1 atom stereocenters. The molecular formula is C12H23N3O. The zero-order valence-corrected chi connectivity index (χ0v) is 9.90. The number of nitrogens with two attached hydrogens (primary N) is 2. The third kappa shape index (κ3) is 3.76. The average molecular weight is 225 g/mol. The smallest absolute Gasteiger partial charge is 0.219 e. The van der Waals surface area contributed by atoms with Gasteiger partial charge in [-0.15, -0.1) is 0 Å². The molecule has 0 radical (unpaired) electrons. The van der Waals surface area contributed by atoms with Crippen molar-refractivity contribution in [2.75, 3.05) is 19.6 Å². The molecule has 2 rings (SSSR count). The first-order valence-corrected chi connectivity index (χ1v) is 6.41. The summed E-state index contributed by atoms with van der Waals surface area (Å²) in [6.45, 7) is 2.78. The van der Waals surface area contributed by atoms with Crippen molar-refractivity contribution in [3.63, 3.8) is 0 Å². The van der Waals surface area contributed by atoms with Gasteiger partial charge in [-0.2, -0.15) is 0 Å². The SMILES string of the molecule is NCC(CC(N)=O)N(CC1CC1)CC1CC1. The minimum atomic E-state index is -0.230. The van der Waals surface area contributed by atoms with Crippen LogP contribution in [0.15, 0.2) is 0 Å². The van der Waals surface area contributed by atoms with Crippen LogP contribution in [0.5, 0.6) is 0 Å². The fraction of sp³-hybridized carbons (Fsp3) is 0.917. The monoisotopic (exact) mass is 225 g/mol. The molecule has 16 heavy (non-hydrogen) atoms. The van der Waals surface area contributed by atoms with Crippen LogP contribution < -0.4 is 11.5 Å². The number of nitrogens with zero attached hydrogens (tertiary/aromatic N) is 1. The van der Waals surface area contributed by atoms with Gasteiger partial charge in [-0.05, 0) is 37.5 Å². The second kappa shape index (κ2) is 5.15. The topological polar surface area (TPSA) is 72.3 Å². The lowest BCUT2D eigenvalue weighted by atomic mass is 10.1. The average Bonchev–Trinajstić information content (AvgIpc) is 3.06. The number of primary amides is 1. The van der Waals surface area contributed by atoms with Crippen molar-refractivity contribution in [2.45, 2.75) is 38.1 Å². The molecule has 4 nitrogen and oxygen atoms in total. The predicted molar refractivity (Wildman–Crippen MR) is 63.7 cm³/mol. The maximum absolute atomic E-state index is 11.0. The first-order valence-electron chi connectivity index (χ1n) is 6.41. The summed E-state index contributed by atoms with van der Waals surface area (Å²) >= 11 is 0. The highest BCUT2D eigenvalue weighted by atomic mass is 16.1. The summed E-state index contributed by atoms with van der Waals surface area (Å²) in [6.07, 6.45) is 5.78. The molecular weight excluding hydrogens is 202 g/mol. The molecule has 2 saturated carbocycles. The Balaban J connectivity index is 1.86. The molecule has 4 heteroatoms. The Morgan fingerprint density at radius 3 is 2.00 bits per heavy atom. The van der Waals surface area contributed by atoms with Gasteiger partial charge in [-0.25, -0.2) is 0 Å². The van der Waals surface area contributed by atoms with E-state index in [-0.39, 0.29) is 11.9 Å². The molecule has 0 aromatic carbocycles. The lowest BCUT2D eigenvalue weighted by Crippen LogP contribution is -2.45. The van der Waals surface area contributed by atoms with Crippen LogP contribution in [0.3, 0.4) is 0 Å². The number of hydrogen-bond donors (Lipinski definition) is 2. The van der Waals surface area contributed by atoms with Crippen molar-refractivity contribution in [1.29, 1.82) is 0 Å². The summed E-state index contributed by atoms with van der Waals surface area (Å²) in [5, 5.41) is 0. The Kier molecular flexibility index (Phi) is 3.82. The predicted octanol–water partition coefficient (Wildman–Crippen LogP) is 0.311. The summed E-state index contributed by atoms with van der Waals surface area (Å²) in [5.74, 6) is 1.47. The van der Waals surface area contributed by atoms with Crippen LogP contribution in [-0.2, 0) is 4.79 Å². The van der Waals surface area contributed by atoms with Gasteiger partial charge in [-0.1, -0.05) is 0 Å². The molecule has 0 spiro atoms. The lowest BCUT2D eigenvalue weighted by Gasteiger charge is -2.30. The van der Waals surface area contributed by atoms with E-state index in [0.29, 0.717) is 13.0 Å². The molecule has 0 aromatic rings. The van der Waals surface area contributed by atoms with Gasteiger partial charge in [-0.3, -0.25) is 9.69 Å². The van der Waals surface area contributed by atoms with Crippen molar-refractivity contribution in [3.8, 4) is 0 Å². The van der Waals surface area contributed by atoms with Crippen LogP contribution in [0.4, 0.5) is 0 Å². The largest absolute Gasteiger partial charge is 0.370 e. The van der Waals surface area contributed by atoms with Gasteiger partial charge in [0.15, 0.2) is 0 Å². The number of carbonyl (C=O) groups is 1. The molecule has 4 N–H and O–H groups in total. The van der Waals surface area contributed by atoms with E-state index < -0.39 is 0 Å². The second-order valence-electron chi connectivity index (χ2n) is 5.40. The van der Waals surface area contributed by atoms with E-state index in [0.717, 1.165) is 24.9 Å². The summed E-state index contributed by atoms with van der Waals surface area (Å²) < 4.78 is 0. The maximum Gasteiger partial charge on any atom is 0.219 e. The number of hydrogen-bond acceptors (Lipinski definition) is 3. The van der Waals surface area contributed by atoms with Gasteiger partial charge in [0.1, 0.15) is 0 Å². The van der Waals surface area contributed by atoms with Crippen molar-refractivity contribution >= 4 is 5.91 Å². The summed E-state index contributed by atoms with van der Waals surface area (Å²) in [6, 6.07) is 0.165. The Labute approximate surface area is 97.3 Å². The molecule has 1 amide bonds. The highest BCUT2D eigenvalue weighted by Crippen LogP contribution is 2.34. The molecule has 0 saturated heterocycles. The van der Waals surface area contributed by atoms with Gasteiger partial charge < -0.3 is 11.5 Å². The van der Waals surface area contributed by atoms with Gasteiger partial charge >= 0.3 is 0 Å². The Morgan fingerprint density at radius 2 is 1.69 bits per heavy atom. The number of rotatable bonds is 8. The van der Waals surface area contributed by atoms with Crippen LogP contribution in [0.25, 0.3) is 0 Å². The molecule has 0 aromatic heterocycles. The van der Waals surface area contributed by atoms with Gasteiger partial charge in [0.2, 0.25) is 5.91 Å². The molecule has 2 aliphatic carbocycles. The van der Waals surface area contributed by atoms with E-state index in [2.05, 4.69) is 4.90 Å². The third-order valence-electron chi connectivity index (χ3n) is 3.60. The summed E-state index contributed by atoms with van der Waals surface area (Å²) in [4.78, 5) is 13.4. The summed E-state index contributed by atoms with van der Waals surface area (Å²) in [7, 11) is 0. The minimum absolute atomic E-state index is 0.165. The van der Waals surface area contributed by atoms with Crippen molar-refractivity contribution in [3.05, 3.63) is 0 Å². The zero-order valence-electron chi connectivity index (χ0n) is 9.90. The molecule has 2 fully saturated rings. The van der Waals surface area contributed by atoms with Crippen LogP contribution in [0.2, 0.25) is 0 Å². The quantitative estimate of drug-likeness (QED) is 0.624. The Morgan fingerprint density at radius 1 is 1.19 bits per heavy atom. The van der Waals surface area contributed by atoms with Gasteiger partial charge in [0.05, 0.1) is 0 Å². The van der Waals surface area contributed by atoms with Crippen LogP contribution >= 0.6 is 0 Å². The molecule has 2 aliphatic rings. The fourth-order valence-electron chi connectivity index (χ4n) is 2.23. The minimum Gasteiger partial charge on any atom is -0.370 e. The van der Waals surface area contributed by atoms with Crippen LogP contribution in [0, 0.1) is 11.8 Å². The number of carbonyl (C=O) groups excluding carboxylic acids is 1. The van der Waals surface area contributed by atoms with Crippen molar-refractivity contribution < 1.29 is 4.79 Å². The highest BCUT2D eigenvalue weighted by Gasteiger charge is 2.32. The first kappa shape index (κ1) is 11.9. The molecule has 1 unspecified atom stereocenters. The normalized spacial score (nSPS) is 22.4. The van der Waals surface area contributed by atoms with E-state index in [1.54, 1.807) is 0 Å². The van der Waals surface area contributed by atoms with E-state index >= 15 is 0 Å². The first-order chi connectivity index (χ1) is 7.69. The highest BCUT2D eigenvalue weighted by molar-refractivity contribution is 5.74. The van der Waals surface area contributed by atoms with Gasteiger partial charge in [0.25, 0.3) is 0 Å². The maximum atomic E-state index is 11.0. The van der Waals surface area contributed by atoms with Crippen molar-refractivity contribution in [1.82, 2.24) is 4.90 Å². The van der Waals surface area contributed by atoms with E-state index in [1.807, 2.05) is 0 Å². The molecule has 0 heterocycles. The van der Waals surface area contributed by atoms with E-state index in [1.165, 1.54) is 25.7 Å². The Hall–Kier alpha value is -0.610. The van der Waals surface area contributed by atoms with E-state index in [4.69, 9.17) is 11.5 Å². The van der Waals surface area contributed by atoms with Crippen molar-refractivity contribution in [2.24, 2.45) is 23.3 Å². The third-order valence-corrected chi connectivity index (χ3v) is 3.60. The van der Waals surface area contributed by atoms with E-state index in [9.17, 15) is 4.79 Å². The zero-order chi connectivity index (χ0) is 11.5. The lowest BCUT2D eigenvalue weighted by molar-refractivity contribution is -0.119. The van der Waals surface area contributed by atoms with Gasteiger partial charge in [0, 0.05) is 32.1 Å². The molecule has 0 bridgehead atoms. The fourth-order valence-corrected chi connectivity index (χ4v) is 2.23. The second-order valence-corrected chi connectivity index (χ2v) is 5.40. The van der Waals surface area contributed by atoms with Crippen LogP contribution in [-0.4, -0.2) is 36.5 Å². The standard InChI is InChI=1S/C12H23N3O/c13-6-11(5-12(14)16)15(7-9-1-2-9)8-10-3-4-10/h9-11H,1-8,13H2,(H2,14,16). The Bertz CT molecular complexity index is 235.